The van der Waals surface area contributed by atoms with Crippen molar-refractivity contribution in [1.29, 1.82) is 0 Å². The van der Waals surface area contributed by atoms with Gasteiger partial charge in [0.05, 0.1) is 23.8 Å². The molecule has 7 nitrogen and oxygen atoms in total. The Bertz CT molecular complexity index is 969. The first-order chi connectivity index (χ1) is 14.6. The fourth-order valence-corrected chi connectivity index (χ4v) is 4.44. The molecule has 3 N–H and O–H groups in total. The average molecular weight is 406 g/mol. The number of hydrazine groups is 1. The predicted molar refractivity (Wildman–Crippen MR) is 114 cm³/mol. The molecule has 0 saturated carbocycles. The monoisotopic (exact) mass is 406 g/mol. The summed E-state index contributed by atoms with van der Waals surface area (Å²) < 4.78 is 5.58. The summed E-state index contributed by atoms with van der Waals surface area (Å²) in [5, 5.41) is 7.96. The molecular formula is C23H26N4O3. The zero-order chi connectivity index (χ0) is 20.7. The summed E-state index contributed by atoms with van der Waals surface area (Å²) >= 11 is 0. The number of ether oxygens (including phenoxy) is 1. The standard InChI is InChI=1S/C23H26N4O3/c1-14-4-7-16(8-5-14)27-23(29)19-13-24-20-9-6-15(11-18(20)21(19)26-27)22(28)25-12-17-3-2-10-30-17/h4-9,11,17,19,21,24,26H,2-3,10,12-13H2,1H3,(H,25,28). The van der Waals surface area contributed by atoms with Gasteiger partial charge < -0.3 is 15.4 Å². The molecule has 2 saturated heterocycles. The molecule has 2 aromatic carbocycles. The average Bonchev–Trinajstić information content (AvgIpc) is 3.40. The third-order valence-corrected chi connectivity index (χ3v) is 6.18. The normalized spacial score (nSPS) is 24.9. The predicted octanol–water partition coefficient (Wildman–Crippen LogP) is 2.54. The molecule has 5 rings (SSSR count). The molecular weight excluding hydrogens is 380 g/mol. The van der Waals surface area contributed by atoms with Crippen molar-refractivity contribution in [3.63, 3.8) is 0 Å². The van der Waals surface area contributed by atoms with E-state index in [0.29, 0.717) is 18.7 Å². The second kappa shape index (κ2) is 7.74. The Kier molecular flexibility index (Phi) is 4.92. The SMILES string of the molecule is Cc1ccc(N2NC3c4cc(C(=O)NCC5CCCO5)ccc4NCC3C2=O)cc1. The highest BCUT2D eigenvalue weighted by Crippen LogP contribution is 2.39. The molecule has 3 unspecified atom stereocenters. The summed E-state index contributed by atoms with van der Waals surface area (Å²) in [4.78, 5) is 25.7. The van der Waals surface area contributed by atoms with Gasteiger partial charge in [-0.3, -0.25) is 9.59 Å². The fourth-order valence-electron chi connectivity index (χ4n) is 4.44. The Balaban J connectivity index is 1.36. The quantitative estimate of drug-likeness (QED) is 0.727. The molecule has 3 aliphatic heterocycles. The Hall–Kier alpha value is -2.90. The largest absolute Gasteiger partial charge is 0.384 e. The van der Waals surface area contributed by atoms with Gasteiger partial charge >= 0.3 is 0 Å². The van der Waals surface area contributed by atoms with Crippen LogP contribution in [0.1, 0.15) is 40.4 Å². The van der Waals surface area contributed by atoms with Crippen LogP contribution in [0.2, 0.25) is 0 Å². The first-order valence-corrected chi connectivity index (χ1v) is 10.5. The van der Waals surface area contributed by atoms with E-state index in [4.69, 9.17) is 4.74 Å². The number of nitrogens with one attached hydrogen (secondary N) is 3. The molecule has 0 bridgehead atoms. The molecule has 156 valence electrons. The first-order valence-electron chi connectivity index (χ1n) is 10.5. The van der Waals surface area contributed by atoms with Crippen LogP contribution in [0.15, 0.2) is 42.5 Å². The maximum atomic E-state index is 13.0. The molecule has 0 spiro atoms. The van der Waals surface area contributed by atoms with Gasteiger partial charge in [0.25, 0.3) is 5.91 Å². The number of benzene rings is 2. The van der Waals surface area contributed by atoms with Crippen molar-refractivity contribution in [2.45, 2.75) is 31.9 Å². The lowest BCUT2D eigenvalue weighted by molar-refractivity contribution is -0.120. The van der Waals surface area contributed by atoms with Crippen LogP contribution >= 0.6 is 0 Å². The summed E-state index contributed by atoms with van der Waals surface area (Å²) in [5.74, 6) is -0.297. The topological polar surface area (TPSA) is 82.7 Å². The number of fused-ring (bicyclic) bond motifs is 3. The van der Waals surface area contributed by atoms with Crippen molar-refractivity contribution < 1.29 is 14.3 Å². The number of hydrogen-bond acceptors (Lipinski definition) is 5. The summed E-state index contributed by atoms with van der Waals surface area (Å²) in [7, 11) is 0. The lowest BCUT2D eigenvalue weighted by Crippen LogP contribution is -2.35. The lowest BCUT2D eigenvalue weighted by Gasteiger charge is -2.27. The molecule has 3 heterocycles. The smallest absolute Gasteiger partial charge is 0.251 e. The third-order valence-electron chi connectivity index (χ3n) is 6.18. The Labute approximate surface area is 175 Å². The zero-order valence-corrected chi connectivity index (χ0v) is 17.0. The van der Waals surface area contributed by atoms with Crippen LogP contribution in [-0.2, 0) is 9.53 Å². The number of carbonyl (C=O) groups is 2. The fraction of sp³-hybridized carbons (Fsp3) is 0.391. The molecule has 0 aliphatic carbocycles. The number of nitrogens with zero attached hydrogens (tertiary/aromatic N) is 1. The molecule has 3 aliphatic rings. The molecule has 7 heteroatoms. The molecule has 2 amide bonds. The van der Waals surface area contributed by atoms with E-state index in [1.54, 1.807) is 5.01 Å². The molecule has 30 heavy (non-hydrogen) atoms. The van der Waals surface area contributed by atoms with E-state index in [0.717, 1.165) is 42.0 Å². The van der Waals surface area contributed by atoms with Crippen LogP contribution in [0.4, 0.5) is 11.4 Å². The molecule has 0 radical (unpaired) electrons. The Morgan fingerprint density at radius 2 is 2.07 bits per heavy atom. The number of hydrogen-bond donors (Lipinski definition) is 3. The minimum absolute atomic E-state index is 0.0373. The zero-order valence-electron chi connectivity index (χ0n) is 17.0. The summed E-state index contributed by atoms with van der Waals surface area (Å²) in [6.07, 6.45) is 2.14. The molecule has 2 fully saturated rings. The van der Waals surface area contributed by atoms with Crippen molar-refractivity contribution in [2.24, 2.45) is 5.92 Å². The summed E-state index contributed by atoms with van der Waals surface area (Å²) in [6, 6.07) is 13.4. The number of rotatable bonds is 4. The van der Waals surface area contributed by atoms with Crippen LogP contribution in [-0.4, -0.2) is 37.6 Å². The lowest BCUT2D eigenvalue weighted by atomic mass is 9.88. The Morgan fingerprint density at radius 3 is 2.83 bits per heavy atom. The van der Waals surface area contributed by atoms with E-state index in [1.165, 1.54) is 0 Å². The number of carbonyl (C=O) groups excluding carboxylic acids is 2. The third kappa shape index (κ3) is 3.44. The van der Waals surface area contributed by atoms with Crippen molar-refractivity contribution >= 4 is 23.2 Å². The first kappa shape index (κ1) is 19.1. The van der Waals surface area contributed by atoms with Gasteiger partial charge in [0, 0.05) is 30.9 Å². The number of anilines is 2. The van der Waals surface area contributed by atoms with Crippen LogP contribution in [0.25, 0.3) is 0 Å². The van der Waals surface area contributed by atoms with Gasteiger partial charge in [-0.1, -0.05) is 17.7 Å². The van der Waals surface area contributed by atoms with E-state index < -0.39 is 0 Å². The summed E-state index contributed by atoms with van der Waals surface area (Å²) in [6.45, 7) is 3.88. The minimum atomic E-state index is -0.219. The van der Waals surface area contributed by atoms with Gasteiger partial charge in [0.2, 0.25) is 5.91 Å². The van der Waals surface area contributed by atoms with Gasteiger partial charge in [0.15, 0.2) is 0 Å². The van der Waals surface area contributed by atoms with E-state index in [1.807, 2.05) is 49.4 Å². The van der Waals surface area contributed by atoms with Crippen LogP contribution < -0.4 is 21.1 Å². The molecule has 0 aromatic heterocycles. The molecule has 2 aromatic rings. The van der Waals surface area contributed by atoms with Gasteiger partial charge in [-0.05, 0) is 55.7 Å². The highest BCUT2D eigenvalue weighted by molar-refractivity contribution is 5.99. The number of amides is 2. The van der Waals surface area contributed by atoms with Crippen molar-refractivity contribution in [3.8, 4) is 0 Å². The van der Waals surface area contributed by atoms with E-state index in [2.05, 4.69) is 16.1 Å². The van der Waals surface area contributed by atoms with E-state index >= 15 is 0 Å². The maximum absolute atomic E-state index is 13.0. The van der Waals surface area contributed by atoms with Crippen molar-refractivity contribution in [2.75, 3.05) is 30.0 Å². The second-order valence-corrected chi connectivity index (χ2v) is 8.25. The Morgan fingerprint density at radius 1 is 1.23 bits per heavy atom. The van der Waals surface area contributed by atoms with Crippen molar-refractivity contribution in [3.05, 3.63) is 59.2 Å². The van der Waals surface area contributed by atoms with Gasteiger partial charge in [-0.15, -0.1) is 0 Å². The van der Waals surface area contributed by atoms with Gasteiger partial charge in [0.1, 0.15) is 0 Å². The second-order valence-electron chi connectivity index (χ2n) is 8.25. The maximum Gasteiger partial charge on any atom is 0.251 e. The van der Waals surface area contributed by atoms with Crippen LogP contribution in [0, 0.1) is 12.8 Å². The van der Waals surface area contributed by atoms with Gasteiger partial charge in [-0.2, -0.15) is 0 Å². The number of aryl methyl sites for hydroxylation is 1. The molecule has 3 atom stereocenters. The highest BCUT2D eigenvalue weighted by Gasteiger charge is 2.44. The summed E-state index contributed by atoms with van der Waals surface area (Å²) in [5.41, 5.74) is 7.84. The van der Waals surface area contributed by atoms with E-state index in [-0.39, 0.29) is 29.9 Å². The van der Waals surface area contributed by atoms with Crippen LogP contribution in [0.5, 0.6) is 0 Å². The van der Waals surface area contributed by atoms with Gasteiger partial charge in [-0.25, -0.2) is 10.4 Å². The van der Waals surface area contributed by atoms with Crippen LogP contribution in [0.3, 0.4) is 0 Å². The minimum Gasteiger partial charge on any atom is -0.384 e. The van der Waals surface area contributed by atoms with E-state index in [9.17, 15) is 9.59 Å². The highest BCUT2D eigenvalue weighted by atomic mass is 16.5. The van der Waals surface area contributed by atoms with Crippen molar-refractivity contribution in [1.82, 2.24) is 10.7 Å².